The van der Waals surface area contributed by atoms with Gasteiger partial charge in [-0.2, -0.15) is 4.98 Å². The van der Waals surface area contributed by atoms with E-state index in [0.29, 0.717) is 34.6 Å². The summed E-state index contributed by atoms with van der Waals surface area (Å²) in [6.45, 7) is 5.80. The number of hydrogen-bond donors (Lipinski definition) is 1. The number of anilines is 2. The van der Waals surface area contributed by atoms with Crippen LogP contribution in [0.3, 0.4) is 0 Å². The first-order valence-corrected chi connectivity index (χ1v) is 13.5. The van der Waals surface area contributed by atoms with Crippen LogP contribution in [0.1, 0.15) is 65.0 Å². The molecule has 5 rings (SSSR count). The maximum atomic E-state index is 12.2. The van der Waals surface area contributed by atoms with Crippen molar-refractivity contribution in [1.29, 1.82) is 0 Å². The van der Waals surface area contributed by atoms with Crippen LogP contribution in [-0.4, -0.2) is 54.7 Å². The maximum absolute atomic E-state index is 12.2. The van der Waals surface area contributed by atoms with Gasteiger partial charge in [0.15, 0.2) is 10.9 Å². The second kappa shape index (κ2) is 10.2. The zero-order chi connectivity index (χ0) is 26.0. The molecule has 196 valence electrons. The predicted octanol–water partition coefficient (Wildman–Crippen LogP) is 5.60. The number of nitrogens with zero attached hydrogens (tertiary/aromatic N) is 6. The Morgan fingerprint density at radius 3 is 2.57 bits per heavy atom. The number of ether oxygens (including phenoxy) is 2. The standard InChI is InChI=1S/C26H33N7O3S/c1-25(2,3)36-24(34)33(4)16-17-13-29-21(15-28-17)32-23-30-14-20(37-23)19-7-12-27-22(31-19)35-18-5-8-26(9-6-18)10-11-26/h7,12-15,18H,5-6,8-11,16H2,1-4H3,(H,29,30,32). The van der Waals surface area contributed by atoms with Gasteiger partial charge in [-0.05, 0) is 70.8 Å². The van der Waals surface area contributed by atoms with E-state index in [1.807, 2.05) is 26.8 Å². The Labute approximate surface area is 220 Å². The Bertz CT molecular complexity index is 1230. The number of amides is 1. The van der Waals surface area contributed by atoms with Gasteiger partial charge in [0.05, 0.1) is 35.2 Å². The molecule has 3 aromatic rings. The molecule has 10 nitrogen and oxygen atoms in total. The fraction of sp³-hybridized carbons (Fsp3) is 0.538. The van der Waals surface area contributed by atoms with Crippen LogP contribution in [0.4, 0.5) is 15.7 Å². The van der Waals surface area contributed by atoms with Crippen LogP contribution in [0.2, 0.25) is 0 Å². The van der Waals surface area contributed by atoms with E-state index in [1.54, 1.807) is 31.8 Å². The van der Waals surface area contributed by atoms with E-state index in [-0.39, 0.29) is 6.10 Å². The first-order valence-electron chi connectivity index (χ1n) is 12.6. The van der Waals surface area contributed by atoms with Crippen molar-refractivity contribution in [3.05, 3.63) is 36.5 Å². The van der Waals surface area contributed by atoms with Crippen molar-refractivity contribution in [3.63, 3.8) is 0 Å². The highest BCUT2D eigenvalue weighted by atomic mass is 32.1. The summed E-state index contributed by atoms with van der Waals surface area (Å²) >= 11 is 1.46. The van der Waals surface area contributed by atoms with Gasteiger partial charge in [-0.1, -0.05) is 11.3 Å². The fourth-order valence-electron chi connectivity index (χ4n) is 4.39. The summed E-state index contributed by atoms with van der Waals surface area (Å²) in [5, 5.41) is 3.85. The van der Waals surface area contributed by atoms with Gasteiger partial charge in [-0.15, -0.1) is 0 Å². The summed E-state index contributed by atoms with van der Waals surface area (Å²) in [5.74, 6) is 0.557. The molecule has 3 heterocycles. The summed E-state index contributed by atoms with van der Waals surface area (Å²) in [4.78, 5) is 36.7. The van der Waals surface area contributed by atoms with Gasteiger partial charge in [0.2, 0.25) is 0 Å². The Balaban J connectivity index is 1.16. The summed E-state index contributed by atoms with van der Waals surface area (Å²) in [6.07, 6.45) is 14.0. The van der Waals surface area contributed by atoms with Crippen LogP contribution < -0.4 is 10.1 Å². The van der Waals surface area contributed by atoms with E-state index in [9.17, 15) is 4.79 Å². The molecule has 0 bridgehead atoms. The summed E-state index contributed by atoms with van der Waals surface area (Å²) in [5.41, 5.74) is 1.51. The van der Waals surface area contributed by atoms with Crippen LogP contribution in [-0.2, 0) is 11.3 Å². The number of nitrogens with one attached hydrogen (secondary N) is 1. The van der Waals surface area contributed by atoms with Crippen molar-refractivity contribution >= 4 is 28.4 Å². The lowest BCUT2D eigenvalue weighted by Gasteiger charge is -2.28. The topological polar surface area (TPSA) is 115 Å². The molecular weight excluding hydrogens is 490 g/mol. The highest BCUT2D eigenvalue weighted by Crippen LogP contribution is 2.56. The average Bonchev–Trinajstić information content (AvgIpc) is 3.45. The molecule has 11 heteroatoms. The molecule has 0 atom stereocenters. The van der Waals surface area contributed by atoms with Gasteiger partial charge in [-0.3, -0.25) is 4.98 Å². The smallest absolute Gasteiger partial charge is 0.410 e. The van der Waals surface area contributed by atoms with Gasteiger partial charge in [0.1, 0.15) is 11.7 Å². The van der Waals surface area contributed by atoms with Gasteiger partial charge in [0, 0.05) is 19.4 Å². The van der Waals surface area contributed by atoms with Gasteiger partial charge in [0.25, 0.3) is 0 Å². The minimum absolute atomic E-state index is 0.200. The minimum Gasteiger partial charge on any atom is -0.460 e. The molecule has 0 unspecified atom stereocenters. The fourth-order valence-corrected chi connectivity index (χ4v) is 5.18. The summed E-state index contributed by atoms with van der Waals surface area (Å²) in [6, 6.07) is 2.29. The van der Waals surface area contributed by atoms with Crippen molar-refractivity contribution in [1.82, 2.24) is 29.8 Å². The second-order valence-electron chi connectivity index (χ2n) is 10.9. The minimum atomic E-state index is -0.549. The molecule has 37 heavy (non-hydrogen) atoms. The molecule has 1 N–H and O–H groups in total. The number of aromatic nitrogens is 5. The molecule has 0 saturated heterocycles. The molecule has 3 aromatic heterocycles. The second-order valence-corrected chi connectivity index (χ2v) is 12.0. The highest BCUT2D eigenvalue weighted by Gasteiger charge is 2.45. The van der Waals surface area contributed by atoms with E-state index >= 15 is 0 Å². The molecule has 2 aliphatic rings. The average molecular weight is 524 g/mol. The van der Waals surface area contributed by atoms with Crippen LogP contribution in [0.25, 0.3) is 10.6 Å². The van der Waals surface area contributed by atoms with E-state index in [0.717, 1.165) is 23.4 Å². The van der Waals surface area contributed by atoms with Gasteiger partial charge in [-0.25, -0.2) is 19.7 Å². The Morgan fingerprint density at radius 1 is 1.11 bits per heavy atom. The number of carbonyl (C=O) groups is 1. The number of hydrogen-bond acceptors (Lipinski definition) is 10. The van der Waals surface area contributed by atoms with Gasteiger partial charge >= 0.3 is 12.1 Å². The molecule has 1 amide bonds. The first-order chi connectivity index (χ1) is 17.7. The van der Waals surface area contributed by atoms with E-state index in [1.165, 1.54) is 41.9 Å². The molecule has 1 spiro atoms. The predicted molar refractivity (Wildman–Crippen MR) is 141 cm³/mol. The lowest BCUT2D eigenvalue weighted by Crippen LogP contribution is -2.34. The summed E-state index contributed by atoms with van der Waals surface area (Å²) in [7, 11) is 1.67. The Morgan fingerprint density at radius 2 is 1.89 bits per heavy atom. The third-order valence-corrected chi connectivity index (χ3v) is 7.59. The van der Waals surface area contributed by atoms with E-state index in [4.69, 9.17) is 9.47 Å². The Hall–Kier alpha value is -3.34. The van der Waals surface area contributed by atoms with Crippen LogP contribution in [0.5, 0.6) is 6.01 Å². The molecule has 2 saturated carbocycles. The highest BCUT2D eigenvalue weighted by molar-refractivity contribution is 7.18. The zero-order valence-electron chi connectivity index (χ0n) is 21.7. The third-order valence-electron chi connectivity index (χ3n) is 6.66. The number of rotatable bonds is 7. The van der Waals surface area contributed by atoms with Crippen molar-refractivity contribution in [3.8, 4) is 16.6 Å². The largest absolute Gasteiger partial charge is 0.460 e. The van der Waals surface area contributed by atoms with Crippen molar-refractivity contribution in [2.45, 2.75) is 77.5 Å². The zero-order valence-corrected chi connectivity index (χ0v) is 22.5. The SMILES string of the molecule is CN(Cc1cnc(Nc2ncc(-c3ccnc(OC4CCC5(CC4)CC5)n3)s2)cn1)C(=O)OC(C)(C)C. The maximum Gasteiger partial charge on any atom is 0.410 e. The van der Waals surface area contributed by atoms with Crippen molar-refractivity contribution in [2.24, 2.45) is 5.41 Å². The third kappa shape index (κ3) is 6.71. The molecule has 2 aliphatic carbocycles. The normalized spacial score (nSPS) is 16.9. The van der Waals surface area contributed by atoms with E-state index in [2.05, 4.69) is 30.2 Å². The number of thiazole rings is 1. The van der Waals surface area contributed by atoms with Crippen LogP contribution in [0.15, 0.2) is 30.9 Å². The molecule has 0 aromatic carbocycles. The monoisotopic (exact) mass is 523 g/mol. The molecule has 0 radical (unpaired) electrons. The van der Waals surface area contributed by atoms with Crippen LogP contribution in [0, 0.1) is 5.41 Å². The lowest BCUT2D eigenvalue weighted by atomic mass is 9.85. The molecule has 0 aliphatic heterocycles. The summed E-state index contributed by atoms with van der Waals surface area (Å²) < 4.78 is 11.5. The number of carbonyl (C=O) groups excluding carboxylic acids is 1. The van der Waals surface area contributed by atoms with Gasteiger partial charge < -0.3 is 19.7 Å². The van der Waals surface area contributed by atoms with Crippen LogP contribution >= 0.6 is 11.3 Å². The van der Waals surface area contributed by atoms with Crippen molar-refractivity contribution < 1.29 is 14.3 Å². The molecule has 2 fully saturated rings. The Kier molecular flexibility index (Phi) is 6.98. The van der Waals surface area contributed by atoms with Crippen molar-refractivity contribution in [2.75, 3.05) is 12.4 Å². The molecular formula is C26H33N7O3S. The first kappa shape index (κ1) is 25.3. The van der Waals surface area contributed by atoms with E-state index < -0.39 is 11.7 Å². The lowest BCUT2D eigenvalue weighted by molar-refractivity contribution is 0.0283. The quantitative estimate of drug-likeness (QED) is 0.422.